The van der Waals surface area contributed by atoms with Crippen molar-refractivity contribution in [1.29, 1.82) is 0 Å². The number of carboxylic acid groups (broad SMARTS) is 1. The Labute approximate surface area is 117 Å². The van der Waals surface area contributed by atoms with E-state index >= 15 is 0 Å². The zero-order chi connectivity index (χ0) is 15.6. The molecule has 112 valence electrons. The van der Waals surface area contributed by atoms with Crippen LogP contribution in [0.25, 0.3) is 0 Å². The summed E-state index contributed by atoms with van der Waals surface area (Å²) in [4.78, 5) is 11.0. The van der Waals surface area contributed by atoms with Crippen molar-refractivity contribution in [3.8, 4) is 0 Å². The van der Waals surface area contributed by atoms with Crippen molar-refractivity contribution >= 4 is 21.7 Å². The highest BCUT2D eigenvalue weighted by Crippen LogP contribution is 2.23. The highest BCUT2D eigenvalue weighted by Gasteiger charge is 2.22. The van der Waals surface area contributed by atoms with Crippen molar-refractivity contribution in [2.45, 2.75) is 27.2 Å². The van der Waals surface area contributed by atoms with Crippen molar-refractivity contribution in [1.82, 2.24) is 0 Å². The van der Waals surface area contributed by atoms with Gasteiger partial charge in [-0.3, -0.25) is 4.72 Å². The predicted octanol–water partition coefficient (Wildman–Crippen LogP) is 2.70. The number of para-hydroxylation sites is 1. The Bertz CT molecular complexity index is 605. The average molecular weight is 303 g/mol. The topological polar surface area (TPSA) is 83.5 Å². The van der Waals surface area contributed by atoms with Gasteiger partial charge in [0, 0.05) is 0 Å². The van der Waals surface area contributed by atoms with Crippen molar-refractivity contribution in [2.24, 2.45) is 5.41 Å². The SMILES string of the molecule is CC(C)(C)CCS(=O)(=O)Nc1c(F)cccc1C(=O)O. The van der Waals surface area contributed by atoms with E-state index in [1.165, 1.54) is 6.07 Å². The predicted molar refractivity (Wildman–Crippen MR) is 74.8 cm³/mol. The number of anilines is 1. The fourth-order valence-corrected chi connectivity index (χ4v) is 2.95. The molecular weight excluding hydrogens is 285 g/mol. The molecule has 0 heterocycles. The minimum atomic E-state index is -3.80. The number of carbonyl (C=O) groups is 1. The van der Waals surface area contributed by atoms with Gasteiger partial charge < -0.3 is 5.11 Å². The minimum absolute atomic E-state index is 0.195. The second-order valence-electron chi connectivity index (χ2n) is 5.70. The fourth-order valence-electron chi connectivity index (χ4n) is 1.45. The van der Waals surface area contributed by atoms with Gasteiger partial charge in [-0.25, -0.2) is 17.6 Å². The highest BCUT2D eigenvalue weighted by molar-refractivity contribution is 7.92. The molecule has 0 aliphatic rings. The van der Waals surface area contributed by atoms with Crippen molar-refractivity contribution < 1.29 is 22.7 Å². The smallest absolute Gasteiger partial charge is 0.337 e. The Hall–Kier alpha value is -1.63. The Kier molecular flexibility index (Phi) is 4.75. The summed E-state index contributed by atoms with van der Waals surface area (Å²) >= 11 is 0. The van der Waals surface area contributed by atoms with Crippen molar-refractivity contribution in [3.63, 3.8) is 0 Å². The van der Waals surface area contributed by atoms with E-state index in [0.717, 1.165) is 12.1 Å². The third kappa shape index (κ3) is 4.80. The molecule has 0 bridgehead atoms. The van der Waals surface area contributed by atoms with Crippen molar-refractivity contribution in [3.05, 3.63) is 29.6 Å². The van der Waals surface area contributed by atoms with E-state index in [1.807, 2.05) is 25.5 Å². The van der Waals surface area contributed by atoms with E-state index in [0.29, 0.717) is 6.42 Å². The number of carboxylic acids is 1. The molecule has 0 spiro atoms. The lowest BCUT2D eigenvalue weighted by molar-refractivity contribution is 0.0697. The van der Waals surface area contributed by atoms with Gasteiger partial charge in [-0.15, -0.1) is 0 Å². The molecular formula is C13H18FNO4S. The minimum Gasteiger partial charge on any atom is -0.478 e. The molecule has 0 aliphatic carbocycles. The normalized spacial score (nSPS) is 12.2. The monoisotopic (exact) mass is 303 g/mol. The van der Waals surface area contributed by atoms with Gasteiger partial charge in [0.15, 0.2) is 0 Å². The van der Waals surface area contributed by atoms with Crippen LogP contribution in [0.15, 0.2) is 18.2 Å². The summed E-state index contributed by atoms with van der Waals surface area (Å²) < 4.78 is 39.5. The summed E-state index contributed by atoms with van der Waals surface area (Å²) in [5, 5.41) is 8.94. The summed E-state index contributed by atoms with van der Waals surface area (Å²) in [5.74, 6) is -2.51. The van der Waals surface area contributed by atoms with Gasteiger partial charge in [0.2, 0.25) is 10.0 Å². The molecule has 1 aromatic carbocycles. The number of benzene rings is 1. The maximum atomic E-state index is 13.6. The van der Waals surface area contributed by atoms with Gasteiger partial charge in [-0.05, 0) is 24.0 Å². The van der Waals surface area contributed by atoms with Crippen LogP contribution in [-0.2, 0) is 10.0 Å². The molecule has 0 atom stereocenters. The van der Waals surface area contributed by atoms with Crippen LogP contribution in [0.3, 0.4) is 0 Å². The summed E-state index contributed by atoms with van der Waals surface area (Å²) in [6.07, 6.45) is 0.374. The van der Waals surface area contributed by atoms with Crippen LogP contribution in [0.5, 0.6) is 0 Å². The second-order valence-corrected chi connectivity index (χ2v) is 7.54. The average Bonchev–Trinajstić information content (AvgIpc) is 2.28. The first-order chi connectivity index (χ1) is 9.02. The Morgan fingerprint density at radius 1 is 1.35 bits per heavy atom. The van der Waals surface area contributed by atoms with Crippen LogP contribution < -0.4 is 4.72 Å². The third-order valence-electron chi connectivity index (χ3n) is 2.62. The van der Waals surface area contributed by atoms with Gasteiger partial charge in [-0.2, -0.15) is 0 Å². The van der Waals surface area contributed by atoms with E-state index in [-0.39, 0.29) is 11.2 Å². The van der Waals surface area contributed by atoms with E-state index < -0.39 is 33.1 Å². The molecule has 0 saturated heterocycles. The van der Waals surface area contributed by atoms with Gasteiger partial charge in [0.05, 0.1) is 17.0 Å². The number of hydrogen-bond donors (Lipinski definition) is 2. The zero-order valence-corrected chi connectivity index (χ0v) is 12.4. The first-order valence-electron chi connectivity index (χ1n) is 6.04. The van der Waals surface area contributed by atoms with Crippen LogP contribution in [0.1, 0.15) is 37.6 Å². The molecule has 7 heteroatoms. The number of halogens is 1. The molecule has 0 radical (unpaired) electrons. The second kappa shape index (κ2) is 5.78. The first-order valence-corrected chi connectivity index (χ1v) is 7.69. The molecule has 1 rings (SSSR count). The highest BCUT2D eigenvalue weighted by atomic mass is 32.2. The van der Waals surface area contributed by atoms with E-state index in [2.05, 4.69) is 0 Å². The molecule has 0 aromatic heterocycles. The maximum absolute atomic E-state index is 13.6. The van der Waals surface area contributed by atoms with Crippen LogP contribution >= 0.6 is 0 Å². The van der Waals surface area contributed by atoms with Gasteiger partial charge >= 0.3 is 5.97 Å². The maximum Gasteiger partial charge on any atom is 0.337 e. The number of nitrogens with one attached hydrogen (secondary N) is 1. The Morgan fingerprint density at radius 3 is 2.45 bits per heavy atom. The first kappa shape index (κ1) is 16.4. The molecule has 20 heavy (non-hydrogen) atoms. The summed E-state index contributed by atoms with van der Waals surface area (Å²) in [6.45, 7) is 5.65. The van der Waals surface area contributed by atoms with E-state index in [4.69, 9.17) is 5.11 Å². The fraction of sp³-hybridized carbons (Fsp3) is 0.462. The van der Waals surface area contributed by atoms with Gasteiger partial charge in [-0.1, -0.05) is 26.8 Å². The lowest BCUT2D eigenvalue weighted by Gasteiger charge is -2.18. The molecule has 0 aliphatic heterocycles. The van der Waals surface area contributed by atoms with Crippen LogP contribution in [0.2, 0.25) is 0 Å². The number of hydrogen-bond acceptors (Lipinski definition) is 3. The zero-order valence-electron chi connectivity index (χ0n) is 11.6. The van der Waals surface area contributed by atoms with E-state index in [9.17, 15) is 17.6 Å². The molecule has 1 aromatic rings. The molecule has 0 amide bonds. The van der Waals surface area contributed by atoms with Gasteiger partial charge in [0.25, 0.3) is 0 Å². The number of aromatic carboxylic acids is 1. The lowest BCUT2D eigenvalue weighted by atomic mass is 9.94. The number of sulfonamides is 1. The Morgan fingerprint density at radius 2 is 1.95 bits per heavy atom. The molecule has 0 saturated carbocycles. The van der Waals surface area contributed by atoms with E-state index in [1.54, 1.807) is 0 Å². The molecule has 0 unspecified atom stereocenters. The number of rotatable bonds is 5. The standard InChI is InChI=1S/C13H18FNO4S/c1-13(2,3)7-8-20(18,19)15-11-9(12(16)17)5-4-6-10(11)14/h4-6,15H,7-8H2,1-3H3,(H,16,17). The summed E-state index contributed by atoms with van der Waals surface area (Å²) in [5.41, 5.74) is -1.13. The Balaban J connectivity index is 3.01. The quantitative estimate of drug-likeness (QED) is 0.876. The molecule has 5 nitrogen and oxygen atoms in total. The van der Waals surface area contributed by atoms with Crippen LogP contribution in [-0.4, -0.2) is 25.2 Å². The third-order valence-corrected chi connectivity index (χ3v) is 3.88. The van der Waals surface area contributed by atoms with Crippen molar-refractivity contribution in [2.75, 3.05) is 10.5 Å². The van der Waals surface area contributed by atoms with Crippen LogP contribution in [0.4, 0.5) is 10.1 Å². The molecule has 2 N–H and O–H groups in total. The summed E-state index contributed by atoms with van der Waals surface area (Å²) in [7, 11) is -3.80. The van der Waals surface area contributed by atoms with Gasteiger partial charge in [0.1, 0.15) is 5.82 Å². The van der Waals surface area contributed by atoms with Crippen LogP contribution in [0, 0.1) is 11.2 Å². The molecule has 0 fully saturated rings. The summed E-state index contributed by atoms with van der Waals surface area (Å²) in [6, 6.07) is 3.37. The largest absolute Gasteiger partial charge is 0.478 e. The lowest BCUT2D eigenvalue weighted by Crippen LogP contribution is -2.22.